The number of hydrogen-bond acceptors (Lipinski definition) is 2. The zero-order chi connectivity index (χ0) is 13.7. The van der Waals surface area contributed by atoms with Gasteiger partial charge in [0.15, 0.2) is 0 Å². The molecule has 2 rings (SSSR count). The molecule has 1 aliphatic rings. The summed E-state index contributed by atoms with van der Waals surface area (Å²) in [6, 6.07) is 9.77. The fourth-order valence-electron chi connectivity index (χ4n) is 1.76. The highest BCUT2D eigenvalue weighted by Gasteiger charge is 2.11. The van der Waals surface area contributed by atoms with Crippen LogP contribution >= 0.6 is 0 Å². The highest BCUT2D eigenvalue weighted by molar-refractivity contribution is 6.00. The third kappa shape index (κ3) is 3.65. The van der Waals surface area contributed by atoms with Crippen molar-refractivity contribution in [1.82, 2.24) is 5.43 Å². The number of carbonyl (C=O) groups excluding carboxylic acids is 1. The molecule has 0 atom stereocenters. The third-order valence-corrected chi connectivity index (χ3v) is 3.00. The number of carbonyl (C=O) groups is 1. The molecular formula is C16H17N2O. The minimum absolute atomic E-state index is 0.143. The van der Waals surface area contributed by atoms with Crippen molar-refractivity contribution in [2.75, 3.05) is 0 Å². The Morgan fingerprint density at radius 2 is 1.95 bits per heavy atom. The molecule has 0 spiro atoms. The summed E-state index contributed by atoms with van der Waals surface area (Å²) >= 11 is 0. The van der Waals surface area contributed by atoms with Crippen molar-refractivity contribution in [3.63, 3.8) is 0 Å². The predicted molar refractivity (Wildman–Crippen MR) is 77.6 cm³/mol. The molecule has 97 valence electrons. The van der Waals surface area contributed by atoms with Crippen molar-refractivity contribution in [3.8, 4) is 0 Å². The molecule has 19 heavy (non-hydrogen) atoms. The van der Waals surface area contributed by atoms with Crippen LogP contribution in [-0.2, 0) is 4.79 Å². The molecule has 1 aromatic rings. The summed E-state index contributed by atoms with van der Waals surface area (Å²) in [6.07, 6.45) is 6.47. The lowest BCUT2D eigenvalue weighted by molar-refractivity contribution is -0.117. The van der Waals surface area contributed by atoms with Crippen molar-refractivity contribution in [1.29, 1.82) is 0 Å². The zero-order valence-electron chi connectivity index (χ0n) is 11.2. The van der Waals surface area contributed by atoms with Crippen molar-refractivity contribution < 1.29 is 4.79 Å². The van der Waals surface area contributed by atoms with Gasteiger partial charge >= 0.3 is 0 Å². The van der Waals surface area contributed by atoms with Gasteiger partial charge in [-0.2, -0.15) is 5.10 Å². The quantitative estimate of drug-likeness (QED) is 0.653. The minimum Gasteiger partial charge on any atom is -0.268 e. The Morgan fingerprint density at radius 1 is 1.21 bits per heavy atom. The Bertz CT molecular complexity index is 553. The first-order valence-electron chi connectivity index (χ1n) is 6.27. The second-order valence-corrected chi connectivity index (χ2v) is 4.52. The van der Waals surface area contributed by atoms with Crippen LogP contribution in [0.4, 0.5) is 0 Å². The number of benzene rings is 1. The largest absolute Gasteiger partial charge is 0.268 e. The number of hydrazone groups is 1. The summed E-state index contributed by atoms with van der Waals surface area (Å²) in [5.74, 6) is -0.143. The van der Waals surface area contributed by atoms with E-state index in [1.165, 1.54) is 5.57 Å². The molecule has 1 N–H and O–H groups in total. The van der Waals surface area contributed by atoms with Gasteiger partial charge in [0.2, 0.25) is 0 Å². The van der Waals surface area contributed by atoms with Gasteiger partial charge in [0.05, 0.1) is 5.71 Å². The first-order valence-corrected chi connectivity index (χ1v) is 6.27. The van der Waals surface area contributed by atoms with E-state index in [0.717, 1.165) is 16.8 Å². The van der Waals surface area contributed by atoms with Gasteiger partial charge in [0.1, 0.15) is 0 Å². The summed E-state index contributed by atoms with van der Waals surface area (Å²) in [5.41, 5.74) is 6.30. The van der Waals surface area contributed by atoms with Crippen LogP contribution in [0.25, 0.3) is 0 Å². The molecule has 1 aliphatic carbocycles. The van der Waals surface area contributed by atoms with Crippen molar-refractivity contribution in [3.05, 3.63) is 65.6 Å². The number of amides is 1. The van der Waals surface area contributed by atoms with Gasteiger partial charge in [-0.25, -0.2) is 5.43 Å². The standard InChI is InChI=1S/C16H17N2O/c1-12-8-10-15(11-9-12)16(19)18-17-13(2)14-6-4-3-5-7-14/h3-10H,11H2,1-2H3,(H,18,19)/b17-13+. The van der Waals surface area contributed by atoms with E-state index in [-0.39, 0.29) is 5.91 Å². The summed E-state index contributed by atoms with van der Waals surface area (Å²) in [6.45, 7) is 3.89. The SMILES string of the molecule is CC1=CC=C(C(=O)N/N=C(\C)c2ccccc2)C[CH]1. The maximum absolute atomic E-state index is 11.9. The first kappa shape index (κ1) is 13.3. The van der Waals surface area contributed by atoms with E-state index in [9.17, 15) is 4.79 Å². The van der Waals surface area contributed by atoms with Gasteiger partial charge in [0.25, 0.3) is 5.91 Å². The second kappa shape index (κ2) is 6.14. The molecule has 3 heteroatoms. The van der Waals surface area contributed by atoms with Crippen LogP contribution in [0.5, 0.6) is 0 Å². The number of hydrogen-bond donors (Lipinski definition) is 1. The molecular weight excluding hydrogens is 236 g/mol. The maximum Gasteiger partial charge on any atom is 0.267 e. The first-order chi connectivity index (χ1) is 9.16. The van der Waals surface area contributed by atoms with Gasteiger partial charge in [-0.15, -0.1) is 0 Å². The molecule has 0 heterocycles. The Labute approximate surface area is 113 Å². The number of rotatable bonds is 3. The minimum atomic E-state index is -0.143. The van der Waals surface area contributed by atoms with E-state index in [4.69, 9.17) is 0 Å². The van der Waals surface area contributed by atoms with Gasteiger partial charge in [0, 0.05) is 5.57 Å². The predicted octanol–water partition coefficient (Wildman–Crippen LogP) is 3.01. The van der Waals surface area contributed by atoms with E-state index in [2.05, 4.69) is 10.5 Å². The van der Waals surface area contributed by atoms with Crippen LogP contribution in [0.1, 0.15) is 25.8 Å². The lowest BCUT2D eigenvalue weighted by Gasteiger charge is -2.10. The van der Waals surface area contributed by atoms with Crippen LogP contribution in [0.3, 0.4) is 0 Å². The molecule has 1 aromatic carbocycles. The van der Waals surface area contributed by atoms with E-state index >= 15 is 0 Å². The smallest absolute Gasteiger partial charge is 0.267 e. The zero-order valence-corrected chi connectivity index (χ0v) is 11.2. The number of nitrogens with zero attached hydrogens (tertiary/aromatic N) is 1. The number of nitrogens with one attached hydrogen (secondary N) is 1. The fourth-order valence-corrected chi connectivity index (χ4v) is 1.76. The third-order valence-electron chi connectivity index (χ3n) is 3.00. The van der Waals surface area contributed by atoms with E-state index in [0.29, 0.717) is 6.42 Å². The molecule has 0 bridgehead atoms. The van der Waals surface area contributed by atoms with Crippen LogP contribution in [0, 0.1) is 6.42 Å². The lowest BCUT2D eigenvalue weighted by Crippen LogP contribution is -2.22. The van der Waals surface area contributed by atoms with Crippen LogP contribution < -0.4 is 5.43 Å². The summed E-state index contributed by atoms with van der Waals surface area (Å²) in [4.78, 5) is 11.9. The lowest BCUT2D eigenvalue weighted by atomic mass is 9.99. The molecule has 0 aromatic heterocycles. The Hall–Kier alpha value is -2.16. The molecule has 0 unspecified atom stereocenters. The van der Waals surface area contributed by atoms with Crippen LogP contribution in [-0.4, -0.2) is 11.6 Å². The highest BCUT2D eigenvalue weighted by Crippen LogP contribution is 2.16. The molecule has 0 fully saturated rings. The number of allylic oxidation sites excluding steroid dienone is 3. The topological polar surface area (TPSA) is 41.5 Å². The summed E-state index contributed by atoms with van der Waals surface area (Å²) < 4.78 is 0. The maximum atomic E-state index is 11.9. The monoisotopic (exact) mass is 253 g/mol. The normalized spacial score (nSPS) is 15.6. The Morgan fingerprint density at radius 3 is 2.58 bits per heavy atom. The van der Waals surface area contributed by atoms with Gasteiger partial charge in [-0.05, 0) is 32.3 Å². The highest BCUT2D eigenvalue weighted by atomic mass is 16.2. The van der Waals surface area contributed by atoms with Gasteiger partial charge in [-0.3, -0.25) is 4.79 Å². The van der Waals surface area contributed by atoms with E-state index in [1.807, 2.05) is 62.8 Å². The molecule has 0 aliphatic heterocycles. The average molecular weight is 253 g/mol. The Kier molecular flexibility index (Phi) is 4.29. The van der Waals surface area contributed by atoms with E-state index in [1.54, 1.807) is 0 Å². The van der Waals surface area contributed by atoms with Gasteiger partial charge in [-0.1, -0.05) is 48.1 Å². The van der Waals surface area contributed by atoms with Crippen molar-refractivity contribution in [2.45, 2.75) is 20.3 Å². The van der Waals surface area contributed by atoms with Crippen LogP contribution in [0.15, 0.2) is 58.7 Å². The molecule has 1 amide bonds. The summed E-state index contributed by atoms with van der Waals surface area (Å²) in [7, 11) is 0. The summed E-state index contributed by atoms with van der Waals surface area (Å²) in [5, 5.41) is 4.13. The fraction of sp³-hybridized carbons (Fsp3) is 0.188. The van der Waals surface area contributed by atoms with Crippen molar-refractivity contribution >= 4 is 11.6 Å². The Balaban J connectivity index is 2.01. The molecule has 1 radical (unpaired) electrons. The molecule has 0 saturated carbocycles. The van der Waals surface area contributed by atoms with Crippen LogP contribution in [0.2, 0.25) is 0 Å². The molecule has 3 nitrogen and oxygen atoms in total. The molecule has 0 saturated heterocycles. The second-order valence-electron chi connectivity index (χ2n) is 4.52. The van der Waals surface area contributed by atoms with Gasteiger partial charge < -0.3 is 0 Å². The average Bonchev–Trinajstić information content (AvgIpc) is 2.46. The van der Waals surface area contributed by atoms with E-state index < -0.39 is 0 Å². The van der Waals surface area contributed by atoms with Crippen molar-refractivity contribution in [2.24, 2.45) is 5.10 Å².